The number of oxazole rings is 1. The number of rotatable bonds is 6. The molecule has 4 rings (SSSR count). The summed E-state index contributed by atoms with van der Waals surface area (Å²) < 4.78 is 12.7. The zero-order chi connectivity index (χ0) is 17.9. The Balaban J connectivity index is 1.54. The molecular weight excluding hydrogens is 370 g/mol. The van der Waals surface area contributed by atoms with Crippen molar-refractivity contribution in [2.45, 2.75) is 17.8 Å². The molecule has 0 aliphatic rings. The van der Waals surface area contributed by atoms with Gasteiger partial charge in [0.1, 0.15) is 17.7 Å². The number of hydrogen-bond donors (Lipinski definition) is 0. The van der Waals surface area contributed by atoms with Crippen LogP contribution in [0.25, 0.3) is 16.5 Å². The Morgan fingerprint density at radius 1 is 1.31 bits per heavy atom. The first-order valence-corrected chi connectivity index (χ1v) is 9.65. The predicted octanol–water partition coefficient (Wildman–Crippen LogP) is 3.99. The molecule has 0 aliphatic heterocycles. The van der Waals surface area contributed by atoms with E-state index in [2.05, 4.69) is 20.5 Å². The minimum atomic E-state index is 0.601. The highest BCUT2D eigenvalue weighted by atomic mass is 32.2. The van der Waals surface area contributed by atoms with E-state index in [0.717, 1.165) is 21.8 Å². The predicted molar refractivity (Wildman–Crippen MR) is 99.8 cm³/mol. The Morgan fingerprint density at radius 2 is 2.23 bits per heavy atom. The molecule has 0 fully saturated rings. The second kappa shape index (κ2) is 7.30. The molecule has 0 radical (unpaired) electrons. The summed E-state index contributed by atoms with van der Waals surface area (Å²) in [7, 11) is 1.63. The summed E-state index contributed by atoms with van der Waals surface area (Å²) in [4.78, 5) is 5.53. The molecule has 3 aromatic heterocycles. The van der Waals surface area contributed by atoms with Gasteiger partial charge in [-0.3, -0.25) is 0 Å². The average Bonchev–Trinajstić information content (AvgIpc) is 3.40. The Kier molecular flexibility index (Phi) is 4.72. The molecule has 7 nitrogen and oxygen atoms in total. The number of aryl methyl sites for hydroxylation is 1. The van der Waals surface area contributed by atoms with Crippen LogP contribution in [0.3, 0.4) is 0 Å². The summed E-state index contributed by atoms with van der Waals surface area (Å²) in [5.41, 5.74) is 2.74. The van der Waals surface area contributed by atoms with E-state index in [-0.39, 0.29) is 0 Å². The lowest BCUT2D eigenvalue weighted by atomic mass is 10.2. The van der Waals surface area contributed by atoms with Gasteiger partial charge in [0.25, 0.3) is 0 Å². The number of ether oxygens (including phenoxy) is 1. The van der Waals surface area contributed by atoms with Crippen LogP contribution in [0.5, 0.6) is 5.75 Å². The standard InChI is InChI=1S/C17H15N5O2S2/c1-11-5-6-14(23-2)13(8-11)22-17(19-20-21-22)26-10-12-9-24-16(18-12)15-4-3-7-25-15/h3-9H,10H2,1-2H3. The van der Waals surface area contributed by atoms with Crippen molar-refractivity contribution in [3.8, 4) is 22.2 Å². The van der Waals surface area contributed by atoms with Crippen molar-refractivity contribution in [2.24, 2.45) is 0 Å². The van der Waals surface area contributed by atoms with Gasteiger partial charge in [-0.05, 0) is 46.5 Å². The number of methoxy groups -OCH3 is 1. The maximum Gasteiger partial charge on any atom is 0.236 e. The Labute approximate surface area is 158 Å². The molecule has 0 unspecified atom stereocenters. The molecule has 9 heteroatoms. The maximum atomic E-state index is 5.55. The summed E-state index contributed by atoms with van der Waals surface area (Å²) in [5, 5.41) is 14.7. The molecule has 0 amide bonds. The van der Waals surface area contributed by atoms with Gasteiger partial charge in [-0.25, -0.2) is 4.98 Å². The first-order chi connectivity index (χ1) is 12.7. The topological polar surface area (TPSA) is 78.9 Å². The van der Waals surface area contributed by atoms with Crippen molar-refractivity contribution in [1.29, 1.82) is 0 Å². The van der Waals surface area contributed by atoms with E-state index in [1.807, 2.05) is 42.6 Å². The van der Waals surface area contributed by atoms with Crippen LogP contribution in [-0.4, -0.2) is 32.3 Å². The van der Waals surface area contributed by atoms with Gasteiger partial charge in [0.15, 0.2) is 0 Å². The number of thioether (sulfide) groups is 1. The van der Waals surface area contributed by atoms with E-state index in [4.69, 9.17) is 9.15 Å². The molecule has 0 saturated carbocycles. The molecule has 0 atom stereocenters. The minimum Gasteiger partial charge on any atom is -0.494 e. The molecule has 4 aromatic rings. The molecule has 0 bridgehead atoms. The summed E-state index contributed by atoms with van der Waals surface area (Å²) in [6.45, 7) is 2.02. The van der Waals surface area contributed by atoms with E-state index in [1.165, 1.54) is 11.8 Å². The molecule has 0 saturated heterocycles. The fourth-order valence-corrected chi connectivity index (χ4v) is 3.83. The van der Waals surface area contributed by atoms with E-state index in [1.54, 1.807) is 29.4 Å². The van der Waals surface area contributed by atoms with E-state index in [0.29, 0.717) is 22.5 Å². The summed E-state index contributed by atoms with van der Waals surface area (Å²) in [5.74, 6) is 1.95. The van der Waals surface area contributed by atoms with Crippen molar-refractivity contribution < 1.29 is 9.15 Å². The molecule has 1 aromatic carbocycles. The van der Waals surface area contributed by atoms with E-state index < -0.39 is 0 Å². The fraction of sp³-hybridized carbons (Fsp3) is 0.176. The van der Waals surface area contributed by atoms with E-state index >= 15 is 0 Å². The van der Waals surface area contributed by atoms with Crippen LogP contribution in [-0.2, 0) is 5.75 Å². The van der Waals surface area contributed by atoms with Crippen molar-refractivity contribution in [3.63, 3.8) is 0 Å². The second-order valence-electron chi connectivity index (χ2n) is 5.46. The normalized spacial score (nSPS) is 11.0. The zero-order valence-electron chi connectivity index (χ0n) is 14.1. The lowest BCUT2D eigenvalue weighted by Crippen LogP contribution is -2.02. The smallest absolute Gasteiger partial charge is 0.236 e. The van der Waals surface area contributed by atoms with Crippen molar-refractivity contribution in [3.05, 3.63) is 53.2 Å². The molecule has 0 N–H and O–H groups in total. The van der Waals surface area contributed by atoms with Gasteiger partial charge < -0.3 is 9.15 Å². The largest absolute Gasteiger partial charge is 0.494 e. The van der Waals surface area contributed by atoms with Crippen molar-refractivity contribution in [1.82, 2.24) is 25.2 Å². The van der Waals surface area contributed by atoms with Crippen LogP contribution in [0, 0.1) is 6.92 Å². The second-order valence-corrected chi connectivity index (χ2v) is 7.35. The highest BCUT2D eigenvalue weighted by Crippen LogP contribution is 2.29. The molecule has 0 spiro atoms. The van der Waals surface area contributed by atoms with Crippen LogP contribution < -0.4 is 4.74 Å². The van der Waals surface area contributed by atoms with Gasteiger partial charge in [0.2, 0.25) is 11.0 Å². The first kappa shape index (κ1) is 16.8. The molecular formula is C17H15N5O2S2. The minimum absolute atomic E-state index is 0.601. The maximum absolute atomic E-state index is 5.55. The van der Waals surface area contributed by atoms with Crippen LogP contribution in [0.15, 0.2) is 51.5 Å². The first-order valence-electron chi connectivity index (χ1n) is 7.79. The van der Waals surface area contributed by atoms with Crippen LogP contribution in [0.4, 0.5) is 0 Å². The molecule has 0 aliphatic carbocycles. The van der Waals surface area contributed by atoms with Crippen molar-refractivity contribution >= 4 is 23.1 Å². The number of tetrazole rings is 1. The van der Waals surface area contributed by atoms with Gasteiger partial charge >= 0.3 is 0 Å². The SMILES string of the molecule is COc1ccc(C)cc1-n1nnnc1SCc1coc(-c2cccs2)n1. The Bertz CT molecular complexity index is 1010. The summed E-state index contributed by atoms with van der Waals surface area (Å²) in [6, 6.07) is 9.84. The molecule has 3 heterocycles. The Morgan fingerprint density at radius 3 is 3.04 bits per heavy atom. The highest BCUT2D eigenvalue weighted by molar-refractivity contribution is 7.98. The van der Waals surface area contributed by atoms with Gasteiger partial charge in [0.05, 0.1) is 17.7 Å². The third-order valence-corrected chi connectivity index (χ3v) is 5.45. The van der Waals surface area contributed by atoms with Gasteiger partial charge in [-0.15, -0.1) is 16.4 Å². The van der Waals surface area contributed by atoms with Crippen molar-refractivity contribution in [2.75, 3.05) is 7.11 Å². The Hall–Kier alpha value is -2.65. The summed E-state index contributed by atoms with van der Waals surface area (Å²) >= 11 is 3.09. The number of hydrogen-bond acceptors (Lipinski definition) is 8. The number of thiophene rings is 1. The molecule has 26 heavy (non-hydrogen) atoms. The van der Waals surface area contributed by atoms with Gasteiger partial charge in [-0.2, -0.15) is 4.68 Å². The third kappa shape index (κ3) is 3.35. The number of aromatic nitrogens is 5. The average molecular weight is 385 g/mol. The lowest BCUT2D eigenvalue weighted by molar-refractivity contribution is 0.410. The van der Waals surface area contributed by atoms with Crippen LogP contribution >= 0.6 is 23.1 Å². The fourth-order valence-electron chi connectivity index (χ4n) is 2.41. The van der Waals surface area contributed by atoms with Crippen LogP contribution in [0.1, 0.15) is 11.3 Å². The quantitative estimate of drug-likeness (QED) is 0.464. The monoisotopic (exact) mass is 385 g/mol. The van der Waals surface area contributed by atoms with E-state index in [9.17, 15) is 0 Å². The van der Waals surface area contributed by atoms with Crippen LogP contribution in [0.2, 0.25) is 0 Å². The highest BCUT2D eigenvalue weighted by Gasteiger charge is 2.15. The lowest BCUT2D eigenvalue weighted by Gasteiger charge is -2.10. The number of nitrogens with zero attached hydrogens (tertiary/aromatic N) is 5. The van der Waals surface area contributed by atoms with Gasteiger partial charge in [0, 0.05) is 5.75 Å². The number of benzene rings is 1. The molecule has 132 valence electrons. The zero-order valence-corrected chi connectivity index (χ0v) is 15.8. The third-order valence-electron chi connectivity index (χ3n) is 3.64. The van der Waals surface area contributed by atoms with Gasteiger partial charge in [-0.1, -0.05) is 23.9 Å². The summed E-state index contributed by atoms with van der Waals surface area (Å²) in [6.07, 6.45) is 1.67.